The third-order valence-corrected chi connectivity index (χ3v) is 4.38. The minimum absolute atomic E-state index is 0.126. The molecular weight excluding hydrogens is 346 g/mol. The molecule has 8 heteroatoms. The molecule has 3 N–H and O–H groups in total. The monoisotopic (exact) mass is 371 g/mol. The molecule has 0 bridgehead atoms. The second-order valence-corrected chi connectivity index (χ2v) is 6.52. The van der Waals surface area contributed by atoms with Gasteiger partial charge in [-0.2, -0.15) is 0 Å². The average molecular weight is 371 g/mol. The Labute approximate surface area is 158 Å². The fraction of sp³-hybridized carbons (Fsp3) is 0.421. The van der Waals surface area contributed by atoms with Crippen LogP contribution in [0.1, 0.15) is 21.6 Å². The largest absolute Gasteiger partial charge is 0.378 e. The van der Waals surface area contributed by atoms with E-state index in [1.807, 2.05) is 25.1 Å². The lowest BCUT2D eigenvalue weighted by Crippen LogP contribution is -2.36. The summed E-state index contributed by atoms with van der Waals surface area (Å²) in [6, 6.07) is 7.18. The molecule has 0 spiro atoms. The van der Waals surface area contributed by atoms with Gasteiger partial charge in [-0.15, -0.1) is 0 Å². The van der Waals surface area contributed by atoms with Crippen molar-refractivity contribution in [1.82, 2.24) is 15.3 Å². The summed E-state index contributed by atoms with van der Waals surface area (Å²) < 4.78 is 5.39. The predicted octanol–water partition coefficient (Wildman–Crippen LogP) is 1.07. The fourth-order valence-electron chi connectivity index (χ4n) is 3.08. The summed E-state index contributed by atoms with van der Waals surface area (Å²) in [4.78, 5) is 32.8. The Morgan fingerprint density at radius 1 is 1.22 bits per heavy atom. The van der Waals surface area contributed by atoms with Gasteiger partial charge in [0.15, 0.2) is 0 Å². The first kappa shape index (κ1) is 18.9. The van der Waals surface area contributed by atoms with Gasteiger partial charge in [-0.25, -0.2) is 4.98 Å². The van der Waals surface area contributed by atoms with Crippen molar-refractivity contribution in [1.29, 1.82) is 0 Å². The number of aromatic amines is 1. The summed E-state index contributed by atoms with van der Waals surface area (Å²) in [5.74, 6) is 0.277. The number of hydrogen-bond donors (Lipinski definition) is 3. The molecule has 0 saturated carbocycles. The van der Waals surface area contributed by atoms with Crippen LogP contribution in [0, 0.1) is 13.8 Å². The second-order valence-electron chi connectivity index (χ2n) is 6.52. The van der Waals surface area contributed by atoms with Crippen molar-refractivity contribution in [3.05, 3.63) is 51.4 Å². The number of carbonyl (C=O) groups is 1. The van der Waals surface area contributed by atoms with Crippen LogP contribution in [0.5, 0.6) is 0 Å². The smallest absolute Gasteiger partial charge is 0.252 e. The number of ether oxygens (including phenoxy) is 1. The standard InChI is InChI=1S/C19H25N5O3/c1-13-11-15(3-4-16(13)24-7-9-27-10-8-24)18(26)20-5-6-21-19-22-14(2)12-17(25)23-19/h3-4,11-12H,5-10H2,1-2H3,(H,20,26)(H2,21,22,23,25). The first-order valence-electron chi connectivity index (χ1n) is 9.06. The molecule has 1 fully saturated rings. The quantitative estimate of drug-likeness (QED) is 0.657. The molecule has 8 nitrogen and oxygen atoms in total. The van der Waals surface area contributed by atoms with Crippen molar-refractivity contribution >= 4 is 17.5 Å². The van der Waals surface area contributed by atoms with E-state index in [2.05, 4.69) is 25.5 Å². The van der Waals surface area contributed by atoms with Crippen molar-refractivity contribution in [2.75, 3.05) is 49.6 Å². The zero-order valence-corrected chi connectivity index (χ0v) is 15.7. The van der Waals surface area contributed by atoms with Crippen LogP contribution in [-0.4, -0.2) is 55.3 Å². The van der Waals surface area contributed by atoms with Crippen LogP contribution in [0.15, 0.2) is 29.1 Å². The molecule has 144 valence electrons. The van der Waals surface area contributed by atoms with Crippen molar-refractivity contribution in [2.45, 2.75) is 13.8 Å². The molecule has 1 amide bonds. The van der Waals surface area contributed by atoms with Gasteiger partial charge in [0.25, 0.3) is 11.5 Å². The molecule has 0 atom stereocenters. The molecule has 1 aliphatic rings. The SMILES string of the molecule is Cc1cc(=O)[nH]c(NCCNC(=O)c2ccc(N3CCOCC3)c(C)c2)n1. The number of carbonyl (C=O) groups excluding carboxylic acids is 1. The van der Waals surface area contributed by atoms with E-state index in [-0.39, 0.29) is 11.5 Å². The highest BCUT2D eigenvalue weighted by Crippen LogP contribution is 2.22. The van der Waals surface area contributed by atoms with Gasteiger partial charge in [-0.3, -0.25) is 14.6 Å². The van der Waals surface area contributed by atoms with Gasteiger partial charge < -0.3 is 20.3 Å². The van der Waals surface area contributed by atoms with Crippen LogP contribution < -0.4 is 21.1 Å². The Balaban J connectivity index is 1.51. The molecule has 1 aliphatic heterocycles. The van der Waals surface area contributed by atoms with Gasteiger partial charge in [0.1, 0.15) is 0 Å². The molecule has 0 unspecified atom stereocenters. The highest BCUT2D eigenvalue weighted by atomic mass is 16.5. The van der Waals surface area contributed by atoms with E-state index in [1.54, 1.807) is 6.92 Å². The Hall–Kier alpha value is -2.87. The van der Waals surface area contributed by atoms with E-state index >= 15 is 0 Å². The molecule has 3 rings (SSSR count). The minimum atomic E-state index is -0.204. The number of benzene rings is 1. The van der Waals surface area contributed by atoms with Crippen LogP contribution in [0.4, 0.5) is 11.6 Å². The number of aryl methyl sites for hydroxylation is 2. The maximum Gasteiger partial charge on any atom is 0.252 e. The molecule has 1 aromatic heterocycles. The number of amides is 1. The van der Waals surface area contributed by atoms with Crippen LogP contribution in [0.2, 0.25) is 0 Å². The predicted molar refractivity (Wildman–Crippen MR) is 105 cm³/mol. The minimum Gasteiger partial charge on any atom is -0.378 e. The van der Waals surface area contributed by atoms with Gasteiger partial charge in [0.2, 0.25) is 5.95 Å². The molecular formula is C19H25N5O3. The number of nitrogens with one attached hydrogen (secondary N) is 3. The van der Waals surface area contributed by atoms with E-state index in [0.717, 1.165) is 37.6 Å². The fourth-order valence-corrected chi connectivity index (χ4v) is 3.08. The first-order chi connectivity index (χ1) is 13.0. The summed E-state index contributed by atoms with van der Waals surface area (Å²) in [6.45, 7) is 7.85. The van der Waals surface area contributed by atoms with E-state index < -0.39 is 0 Å². The summed E-state index contributed by atoms with van der Waals surface area (Å²) in [5, 5.41) is 5.87. The number of rotatable bonds is 6. The molecule has 0 aliphatic carbocycles. The number of nitrogens with zero attached hydrogens (tertiary/aromatic N) is 2. The second kappa shape index (κ2) is 8.68. The number of aromatic nitrogens is 2. The van der Waals surface area contributed by atoms with E-state index in [4.69, 9.17) is 4.74 Å². The summed E-state index contributed by atoms with van der Waals surface area (Å²) in [5.41, 5.74) is 3.28. The highest BCUT2D eigenvalue weighted by molar-refractivity contribution is 5.94. The van der Waals surface area contributed by atoms with E-state index in [9.17, 15) is 9.59 Å². The Morgan fingerprint density at radius 2 is 2.00 bits per heavy atom. The van der Waals surface area contributed by atoms with E-state index in [0.29, 0.717) is 30.3 Å². The Kier molecular flexibility index (Phi) is 6.08. The summed E-state index contributed by atoms with van der Waals surface area (Å²) in [7, 11) is 0. The number of morpholine rings is 1. The third-order valence-electron chi connectivity index (χ3n) is 4.38. The number of hydrogen-bond acceptors (Lipinski definition) is 6. The zero-order valence-electron chi connectivity index (χ0n) is 15.7. The normalized spacial score (nSPS) is 14.1. The molecule has 1 saturated heterocycles. The summed E-state index contributed by atoms with van der Waals surface area (Å²) >= 11 is 0. The first-order valence-corrected chi connectivity index (χ1v) is 9.06. The van der Waals surface area contributed by atoms with E-state index in [1.165, 1.54) is 6.07 Å². The van der Waals surface area contributed by atoms with Crippen LogP contribution in [0.3, 0.4) is 0 Å². The number of H-pyrrole nitrogens is 1. The molecule has 27 heavy (non-hydrogen) atoms. The maximum atomic E-state index is 12.4. The topological polar surface area (TPSA) is 99.4 Å². The van der Waals surface area contributed by atoms with Crippen LogP contribution >= 0.6 is 0 Å². The van der Waals surface area contributed by atoms with Gasteiger partial charge in [-0.05, 0) is 37.6 Å². The lowest BCUT2D eigenvalue weighted by atomic mass is 10.1. The van der Waals surface area contributed by atoms with Gasteiger partial charge in [0.05, 0.1) is 13.2 Å². The zero-order chi connectivity index (χ0) is 19.2. The molecule has 0 radical (unpaired) electrons. The number of anilines is 2. The molecule has 1 aromatic carbocycles. The maximum absolute atomic E-state index is 12.4. The highest BCUT2D eigenvalue weighted by Gasteiger charge is 2.14. The van der Waals surface area contributed by atoms with Crippen LogP contribution in [-0.2, 0) is 4.74 Å². The van der Waals surface area contributed by atoms with Gasteiger partial charge >= 0.3 is 0 Å². The summed E-state index contributed by atoms with van der Waals surface area (Å²) in [6.07, 6.45) is 0. The Bertz CT molecular complexity index is 859. The third kappa shape index (κ3) is 5.07. The average Bonchev–Trinajstić information content (AvgIpc) is 2.65. The lowest BCUT2D eigenvalue weighted by molar-refractivity contribution is 0.0955. The van der Waals surface area contributed by atoms with Crippen LogP contribution in [0.25, 0.3) is 0 Å². The Morgan fingerprint density at radius 3 is 2.70 bits per heavy atom. The van der Waals surface area contributed by atoms with Crippen molar-refractivity contribution in [2.24, 2.45) is 0 Å². The molecule has 2 aromatic rings. The van der Waals surface area contributed by atoms with Crippen molar-refractivity contribution in [3.63, 3.8) is 0 Å². The molecule has 2 heterocycles. The van der Waals surface area contributed by atoms with Gasteiger partial charge in [-0.1, -0.05) is 0 Å². The van der Waals surface area contributed by atoms with Crippen molar-refractivity contribution < 1.29 is 9.53 Å². The van der Waals surface area contributed by atoms with Crippen molar-refractivity contribution in [3.8, 4) is 0 Å². The lowest BCUT2D eigenvalue weighted by Gasteiger charge is -2.30. The van der Waals surface area contributed by atoms with Gasteiger partial charge in [0, 0.05) is 49.2 Å².